The van der Waals surface area contributed by atoms with Crippen LogP contribution in [0.5, 0.6) is 5.88 Å². The summed E-state index contributed by atoms with van der Waals surface area (Å²) in [7, 11) is 0. The van der Waals surface area contributed by atoms with E-state index in [0.717, 1.165) is 12.8 Å². The summed E-state index contributed by atoms with van der Waals surface area (Å²) in [6.45, 7) is 3.77. The molecule has 0 radical (unpaired) electrons. The predicted molar refractivity (Wildman–Crippen MR) is 91.1 cm³/mol. The first-order valence-electron chi connectivity index (χ1n) is 8.93. The van der Waals surface area contributed by atoms with Gasteiger partial charge in [0.05, 0.1) is 13.2 Å². The van der Waals surface area contributed by atoms with E-state index < -0.39 is 0 Å². The van der Waals surface area contributed by atoms with Crippen molar-refractivity contribution < 1.29 is 19.1 Å². The van der Waals surface area contributed by atoms with Gasteiger partial charge in [0.25, 0.3) is 0 Å². The van der Waals surface area contributed by atoms with Gasteiger partial charge < -0.3 is 19.3 Å². The minimum Gasteiger partial charge on any atom is -0.474 e. The van der Waals surface area contributed by atoms with Crippen molar-refractivity contribution in [3.05, 3.63) is 24.4 Å². The van der Waals surface area contributed by atoms with Gasteiger partial charge in [0.1, 0.15) is 6.10 Å². The summed E-state index contributed by atoms with van der Waals surface area (Å²) in [4.78, 5) is 32.2. The minimum atomic E-state index is 0.0463. The van der Waals surface area contributed by atoms with Gasteiger partial charge in [-0.1, -0.05) is 6.07 Å². The number of aromatic nitrogens is 1. The standard InChI is InChI=1S/C18H25N3O4/c22-17(4-5-18(23)21-11-13-24-14-12-21)20-9-6-15(7-10-20)25-16-3-1-2-8-19-16/h1-3,8,15H,4-7,9-14H2. The Hall–Kier alpha value is -2.15. The summed E-state index contributed by atoms with van der Waals surface area (Å²) >= 11 is 0. The molecule has 1 aromatic heterocycles. The second-order valence-corrected chi connectivity index (χ2v) is 6.36. The van der Waals surface area contributed by atoms with E-state index >= 15 is 0 Å². The molecule has 7 nitrogen and oxygen atoms in total. The van der Waals surface area contributed by atoms with Crippen LogP contribution >= 0.6 is 0 Å². The molecule has 0 N–H and O–H groups in total. The van der Waals surface area contributed by atoms with Crippen molar-refractivity contribution in [1.29, 1.82) is 0 Å². The van der Waals surface area contributed by atoms with Crippen LogP contribution in [-0.4, -0.2) is 72.1 Å². The Morgan fingerprint density at radius 1 is 1.04 bits per heavy atom. The Bertz CT molecular complexity index is 567. The molecule has 0 aliphatic carbocycles. The molecule has 0 unspecified atom stereocenters. The number of likely N-dealkylation sites (tertiary alicyclic amines) is 1. The summed E-state index contributed by atoms with van der Waals surface area (Å²) in [5, 5.41) is 0. The average Bonchev–Trinajstić information content (AvgIpc) is 2.68. The van der Waals surface area contributed by atoms with Crippen LogP contribution < -0.4 is 4.74 Å². The highest BCUT2D eigenvalue weighted by atomic mass is 16.5. The fourth-order valence-corrected chi connectivity index (χ4v) is 3.15. The lowest BCUT2D eigenvalue weighted by Crippen LogP contribution is -2.43. The third-order valence-electron chi connectivity index (χ3n) is 4.64. The molecule has 0 saturated carbocycles. The van der Waals surface area contributed by atoms with Gasteiger partial charge >= 0.3 is 0 Å². The Morgan fingerprint density at radius 2 is 1.68 bits per heavy atom. The maximum absolute atomic E-state index is 12.3. The first kappa shape index (κ1) is 17.7. The van der Waals surface area contributed by atoms with E-state index in [-0.39, 0.29) is 30.8 Å². The number of hydrogen-bond acceptors (Lipinski definition) is 5. The van der Waals surface area contributed by atoms with Gasteiger partial charge in [-0.3, -0.25) is 9.59 Å². The SMILES string of the molecule is O=C(CCC(=O)N1CCC(Oc2ccccn2)CC1)N1CCOCC1. The summed E-state index contributed by atoms with van der Waals surface area (Å²) in [5.41, 5.74) is 0. The number of carbonyl (C=O) groups is 2. The van der Waals surface area contributed by atoms with Crippen LogP contribution in [0.25, 0.3) is 0 Å². The molecule has 2 amide bonds. The van der Waals surface area contributed by atoms with Gasteiger partial charge in [-0.15, -0.1) is 0 Å². The van der Waals surface area contributed by atoms with Crippen molar-refractivity contribution in [2.24, 2.45) is 0 Å². The second kappa shape index (κ2) is 8.80. The number of amides is 2. The van der Waals surface area contributed by atoms with Crippen LogP contribution in [0.1, 0.15) is 25.7 Å². The fourth-order valence-electron chi connectivity index (χ4n) is 3.15. The molecule has 7 heteroatoms. The normalized spacial score (nSPS) is 18.9. The summed E-state index contributed by atoms with van der Waals surface area (Å²) < 4.78 is 11.1. The molecule has 3 rings (SSSR count). The molecule has 2 aliphatic heterocycles. The smallest absolute Gasteiger partial charge is 0.223 e. The van der Waals surface area contributed by atoms with Crippen LogP contribution in [-0.2, 0) is 14.3 Å². The monoisotopic (exact) mass is 347 g/mol. The molecular formula is C18H25N3O4. The maximum Gasteiger partial charge on any atom is 0.223 e. The summed E-state index contributed by atoms with van der Waals surface area (Å²) in [5.74, 6) is 0.728. The van der Waals surface area contributed by atoms with Crippen molar-refractivity contribution >= 4 is 11.8 Å². The van der Waals surface area contributed by atoms with E-state index in [4.69, 9.17) is 9.47 Å². The highest BCUT2D eigenvalue weighted by Crippen LogP contribution is 2.18. The van der Waals surface area contributed by atoms with Crippen LogP contribution in [0, 0.1) is 0 Å². The van der Waals surface area contributed by atoms with Gasteiger partial charge in [-0.05, 0) is 6.07 Å². The number of pyridine rings is 1. The molecule has 1 aromatic rings. The van der Waals surface area contributed by atoms with Gasteiger partial charge in [0, 0.05) is 64.1 Å². The van der Waals surface area contributed by atoms with Crippen molar-refractivity contribution in [3.63, 3.8) is 0 Å². The van der Waals surface area contributed by atoms with Crippen LogP contribution in [0.15, 0.2) is 24.4 Å². The van der Waals surface area contributed by atoms with Crippen LogP contribution in [0.3, 0.4) is 0 Å². The Balaban J connectivity index is 1.37. The molecular weight excluding hydrogens is 322 g/mol. The van der Waals surface area contributed by atoms with E-state index in [1.807, 2.05) is 23.1 Å². The predicted octanol–water partition coefficient (Wildman–Crippen LogP) is 1.09. The lowest BCUT2D eigenvalue weighted by Gasteiger charge is -2.32. The molecule has 2 fully saturated rings. The summed E-state index contributed by atoms with van der Waals surface area (Å²) in [6.07, 6.45) is 3.94. The Kier molecular flexibility index (Phi) is 6.22. The van der Waals surface area contributed by atoms with E-state index in [1.54, 1.807) is 11.1 Å². The Morgan fingerprint density at radius 3 is 2.28 bits per heavy atom. The third-order valence-corrected chi connectivity index (χ3v) is 4.64. The van der Waals surface area contributed by atoms with E-state index in [1.165, 1.54) is 0 Å². The van der Waals surface area contributed by atoms with Gasteiger partial charge in [-0.2, -0.15) is 0 Å². The number of piperidine rings is 1. The van der Waals surface area contributed by atoms with Crippen molar-refractivity contribution in [2.45, 2.75) is 31.8 Å². The number of rotatable bonds is 5. The lowest BCUT2D eigenvalue weighted by atomic mass is 10.1. The quantitative estimate of drug-likeness (QED) is 0.797. The second-order valence-electron chi connectivity index (χ2n) is 6.36. The molecule has 0 atom stereocenters. The van der Waals surface area contributed by atoms with Gasteiger partial charge in [0.2, 0.25) is 17.7 Å². The molecule has 3 heterocycles. The molecule has 0 spiro atoms. The van der Waals surface area contributed by atoms with E-state index in [9.17, 15) is 9.59 Å². The molecule has 2 aliphatic rings. The highest BCUT2D eigenvalue weighted by Gasteiger charge is 2.25. The van der Waals surface area contributed by atoms with Crippen LogP contribution in [0.2, 0.25) is 0 Å². The van der Waals surface area contributed by atoms with E-state index in [2.05, 4.69) is 4.98 Å². The number of ether oxygens (including phenoxy) is 2. The zero-order chi connectivity index (χ0) is 17.5. The largest absolute Gasteiger partial charge is 0.474 e. The molecule has 0 aromatic carbocycles. The average molecular weight is 347 g/mol. The number of carbonyl (C=O) groups excluding carboxylic acids is 2. The van der Waals surface area contributed by atoms with Crippen molar-refractivity contribution in [3.8, 4) is 5.88 Å². The molecule has 0 bridgehead atoms. The third kappa shape index (κ3) is 5.16. The minimum absolute atomic E-state index is 0.0463. The molecule has 136 valence electrons. The fraction of sp³-hybridized carbons (Fsp3) is 0.611. The first-order chi connectivity index (χ1) is 12.2. The number of morpholine rings is 1. The van der Waals surface area contributed by atoms with Crippen molar-refractivity contribution in [1.82, 2.24) is 14.8 Å². The zero-order valence-electron chi connectivity index (χ0n) is 14.4. The molecule has 25 heavy (non-hydrogen) atoms. The summed E-state index contributed by atoms with van der Waals surface area (Å²) in [6, 6.07) is 5.59. The lowest BCUT2D eigenvalue weighted by molar-refractivity contribution is -0.140. The number of hydrogen-bond donors (Lipinski definition) is 0. The zero-order valence-corrected chi connectivity index (χ0v) is 14.4. The Labute approximate surface area is 147 Å². The topological polar surface area (TPSA) is 72.0 Å². The van der Waals surface area contributed by atoms with Crippen molar-refractivity contribution in [2.75, 3.05) is 39.4 Å². The van der Waals surface area contributed by atoms with Crippen LogP contribution in [0.4, 0.5) is 0 Å². The highest BCUT2D eigenvalue weighted by molar-refractivity contribution is 5.84. The first-order valence-corrected chi connectivity index (χ1v) is 8.93. The maximum atomic E-state index is 12.3. The number of nitrogens with zero attached hydrogens (tertiary/aromatic N) is 3. The molecule has 2 saturated heterocycles. The van der Waals surface area contributed by atoms with Gasteiger partial charge in [-0.25, -0.2) is 4.98 Å². The van der Waals surface area contributed by atoms with Gasteiger partial charge in [0.15, 0.2) is 0 Å². The van der Waals surface area contributed by atoms with E-state index in [0.29, 0.717) is 45.3 Å².